The molecular weight excluding hydrogens is 436 g/mol. The van der Waals surface area contributed by atoms with Crippen LogP contribution in [0.3, 0.4) is 0 Å². The molecule has 1 N–H and O–H groups in total. The van der Waals surface area contributed by atoms with Crippen molar-refractivity contribution in [3.05, 3.63) is 49.5 Å². The van der Waals surface area contributed by atoms with Crippen molar-refractivity contribution in [1.29, 1.82) is 0 Å². The van der Waals surface area contributed by atoms with Crippen LogP contribution in [0, 0.1) is 3.57 Å². The Morgan fingerprint density at radius 3 is 2.59 bits per heavy atom. The number of rotatable bonds is 6. The van der Waals surface area contributed by atoms with Gasteiger partial charge in [0.15, 0.2) is 11.5 Å². The maximum Gasteiger partial charge on any atom is 0.174 e. The van der Waals surface area contributed by atoms with Crippen LogP contribution in [-0.4, -0.2) is 13.7 Å². The van der Waals surface area contributed by atoms with Gasteiger partial charge in [-0.25, -0.2) is 0 Å². The van der Waals surface area contributed by atoms with E-state index in [9.17, 15) is 0 Å². The average molecular weight is 452 g/mol. The molecule has 0 aliphatic heterocycles. The maximum atomic E-state index is 6.16. The summed E-state index contributed by atoms with van der Waals surface area (Å²) in [5.74, 6) is 1.51. The third-order valence-electron chi connectivity index (χ3n) is 2.99. The van der Waals surface area contributed by atoms with E-state index in [2.05, 4.69) is 34.0 Å². The Morgan fingerprint density at radius 2 is 1.95 bits per heavy atom. The van der Waals surface area contributed by atoms with Crippen molar-refractivity contribution in [2.24, 2.45) is 0 Å². The fourth-order valence-electron chi connectivity index (χ4n) is 2.01. The van der Waals surface area contributed by atoms with Gasteiger partial charge in [0, 0.05) is 11.6 Å². The normalized spacial score (nSPS) is 10.4. The van der Waals surface area contributed by atoms with Gasteiger partial charge in [-0.15, -0.1) is 0 Å². The van der Waals surface area contributed by atoms with Crippen LogP contribution in [0.2, 0.25) is 10.0 Å². The number of methoxy groups -OCH3 is 1. The topological polar surface area (TPSA) is 30.5 Å². The Hall–Kier alpha value is -0.850. The van der Waals surface area contributed by atoms with E-state index in [1.165, 1.54) is 0 Å². The summed E-state index contributed by atoms with van der Waals surface area (Å²) in [6, 6.07) is 9.41. The van der Waals surface area contributed by atoms with Crippen LogP contribution in [0.5, 0.6) is 11.5 Å². The molecule has 0 unspecified atom stereocenters. The lowest BCUT2D eigenvalue weighted by Gasteiger charge is -2.14. The molecule has 0 heterocycles. The number of benzene rings is 2. The fourth-order valence-corrected chi connectivity index (χ4v) is 3.38. The van der Waals surface area contributed by atoms with Crippen LogP contribution >= 0.6 is 45.8 Å². The minimum Gasteiger partial charge on any atom is -0.492 e. The van der Waals surface area contributed by atoms with E-state index in [4.69, 9.17) is 32.7 Å². The molecule has 0 fully saturated rings. The van der Waals surface area contributed by atoms with Gasteiger partial charge in [-0.3, -0.25) is 0 Å². The Morgan fingerprint density at radius 1 is 1.18 bits per heavy atom. The number of hydrogen-bond donors (Lipinski definition) is 1. The number of hydrogen-bond acceptors (Lipinski definition) is 3. The number of halogens is 3. The second-order valence-electron chi connectivity index (χ2n) is 4.52. The van der Waals surface area contributed by atoms with Gasteiger partial charge >= 0.3 is 0 Å². The molecule has 0 aliphatic carbocycles. The van der Waals surface area contributed by atoms with E-state index in [-0.39, 0.29) is 0 Å². The van der Waals surface area contributed by atoms with Crippen LogP contribution in [0.1, 0.15) is 12.5 Å². The zero-order valence-corrected chi connectivity index (χ0v) is 15.9. The maximum absolute atomic E-state index is 6.16. The molecule has 118 valence electrons. The highest BCUT2D eigenvalue weighted by molar-refractivity contribution is 14.1. The first-order chi connectivity index (χ1) is 10.5. The quantitative estimate of drug-likeness (QED) is 0.578. The highest BCUT2D eigenvalue weighted by Gasteiger charge is 2.11. The van der Waals surface area contributed by atoms with Crippen molar-refractivity contribution < 1.29 is 9.47 Å². The van der Waals surface area contributed by atoms with Crippen molar-refractivity contribution in [2.45, 2.75) is 13.5 Å². The summed E-state index contributed by atoms with van der Waals surface area (Å²) in [4.78, 5) is 0. The molecule has 22 heavy (non-hydrogen) atoms. The largest absolute Gasteiger partial charge is 0.492 e. The van der Waals surface area contributed by atoms with Gasteiger partial charge in [0.2, 0.25) is 0 Å². The SMILES string of the molecule is CCOc1cc(CNc2ccc(Cl)cc2Cl)cc(I)c1OC. The van der Waals surface area contributed by atoms with Gasteiger partial charge in [-0.05, 0) is 65.4 Å². The molecule has 0 saturated carbocycles. The Balaban J connectivity index is 2.19. The first-order valence-electron chi connectivity index (χ1n) is 6.73. The van der Waals surface area contributed by atoms with Crippen LogP contribution in [0.15, 0.2) is 30.3 Å². The van der Waals surface area contributed by atoms with Crippen molar-refractivity contribution in [3.8, 4) is 11.5 Å². The standard InChI is InChI=1S/C16H16Cl2INO2/c1-3-22-15-7-10(6-13(19)16(15)21-2)9-20-14-5-4-11(17)8-12(14)18/h4-8,20H,3,9H2,1-2H3. The molecule has 2 aromatic carbocycles. The molecule has 0 radical (unpaired) electrons. The molecule has 0 aromatic heterocycles. The first-order valence-corrected chi connectivity index (χ1v) is 8.56. The van der Waals surface area contributed by atoms with Gasteiger partial charge in [0.05, 0.1) is 28.0 Å². The predicted octanol–water partition coefficient (Wildman–Crippen LogP) is 5.62. The Bertz CT molecular complexity index is 665. The van der Waals surface area contributed by atoms with E-state index in [0.717, 1.165) is 26.3 Å². The van der Waals surface area contributed by atoms with Crippen molar-refractivity contribution in [3.63, 3.8) is 0 Å². The average Bonchev–Trinajstić information content (AvgIpc) is 2.46. The molecule has 0 atom stereocenters. The van der Waals surface area contributed by atoms with Gasteiger partial charge in [-0.1, -0.05) is 23.2 Å². The van der Waals surface area contributed by atoms with Crippen molar-refractivity contribution >= 4 is 51.5 Å². The molecule has 0 amide bonds. The summed E-state index contributed by atoms with van der Waals surface area (Å²) >= 11 is 14.3. The van der Waals surface area contributed by atoms with Crippen LogP contribution in [0.25, 0.3) is 0 Å². The van der Waals surface area contributed by atoms with Gasteiger partial charge < -0.3 is 14.8 Å². The van der Waals surface area contributed by atoms with Crippen LogP contribution < -0.4 is 14.8 Å². The lowest BCUT2D eigenvalue weighted by atomic mass is 10.2. The van der Waals surface area contributed by atoms with Crippen molar-refractivity contribution in [2.75, 3.05) is 19.0 Å². The lowest BCUT2D eigenvalue weighted by molar-refractivity contribution is 0.309. The molecular formula is C16H16Cl2INO2. The Kier molecular flexibility index (Phi) is 6.47. The summed E-state index contributed by atoms with van der Waals surface area (Å²) in [6.07, 6.45) is 0. The Labute approximate surface area is 154 Å². The zero-order valence-electron chi connectivity index (χ0n) is 12.3. The summed E-state index contributed by atoms with van der Waals surface area (Å²) in [5, 5.41) is 4.52. The molecule has 0 saturated heterocycles. The number of ether oxygens (including phenoxy) is 2. The summed E-state index contributed by atoms with van der Waals surface area (Å²) in [5.41, 5.74) is 1.93. The number of nitrogens with one attached hydrogen (secondary N) is 1. The third-order valence-corrected chi connectivity index (χ3v) is 4.34. The molecule has 3 nitrogen and oxygen atoms in total. The van der Waals surface area contributed by atoms with Crippen molar-refractivity contribution in [1.82, 2.24) is 0 Å². The fraction of sp³-hybridized carbons (Fsp3) is 0.250. The monoisotopic (exact) mass is 451 g/mol. The lowest BCUT2D eigenvalue weighted by Crippen LogP contribution is -2.03. The molecule has 6 heteroatoms. The molecule has 0 bridgehead atoms. The van der Waals surface area contributed by atoms with Gasteiger partial charge in [-0.2, -0.15) is 0 Å². The number of anilines is 1. The van der Waals surface area contributed by atoms with Crippen LogP contribution in [0.4, 0.5) is 5.69 Å². The first kappa shape index (κ1) is 17.5. The van der Waals surface area contributed by atoms with E-state index in [0.29, 0.717) is 23.2 Å². The minimum atomic E-state index is 0.590. The van der Waals surface area contributed by atoms with Crippen LogP contribution in [-0.2, 0) is 6.54 Å². The summed E-state index contributed by atoms with van der Waals surface area (Å²) in [7, 11) is 1.64. The third kappa shape index (κ3) is 4.33. The smallest absolute Gasteiger partial charge is 0.174 e. The molecule has 2 rings (SSSR count). The van der Waals surface area contributed by atoms with E-state index in [1.54, 1.807) is 19.2 Å². The van der Waals surface area contributed by atoms with E-state index in [1.807, 2.05) is 19.1 Å². The molecule has 0 spiro atoms. The summed E-state index contributed by atoms with van der Waals surface area (Å²) < 4.78 is 12.0. The highest BCUT2D eigenvalue weighted by atomic mass is 127. The zero-order chi connectivity index (χ0) is 16.1. The second kappa shape index (κ2) is 8.13. The molecule has 0 aliphatic rings. The summed E-state index contributed by atoms with van der Waals surface area (Å²) in [6.45, 7) is 3.17. The minimum absolute atomic E-state index is 0.590. The molecule has 2 aromatic rings. The highest BCUT2D eigenvalue weighted by Crippen LogP contribution is 2.34. The van der Waals surface area contributed by atoms with Gasteiger partial charge in [0.1, 0.15) is 0 Å². The van der Waals surface area contributed by atoms with Gasteiger partial charge in [0.25, 0.3) is 0 Å². The second-order valence-corrected chi connectivity index (χ2v) is 6.53. The van der Waals surface area contributed by atoms with E-state index < -0.39 is 0 Å². The predicted molar refractivity (Wildman–Crippen MR) is 101 cm³/mol. The van der Waals surface area contributed by atoms with E-state index >= 15 is 0 Å².